The second kappa shape index (κ2) is 4.33. The van der Waals surface area contributed by atoms with Crippen molar-refractivity contribution in [1.29, 1.82) is 0 Å². The SMILES string of the molecule is C[C@H]1CNCCN1c1ccc(Cl)c(F)n1. The first-order chi connectivity index (χ1) is 7.18. The van der Waals surface area contributed by atoms with E-state index in [1.807, 2.05) is 0 Å². The van der Waals surface area contributed by atoms with E-state index in [0.29, 0.717) is 11.9 Å². The lowest BCUT2D eigenvalue weighted by molar-refractivity contribution is 0.492. The zero-order chi connectivity index (χ0) is 10.8. The van der Waals surface area contributed by atoms with E-state index >= 15 is 0 Å². The molecule has 1 N–H and O–H groups in total. The summed E-state index contributed by atoms with van der Waals surface area (Å²) in [5, 5.41) is 3.34. The molecule has 0 radical (unpaired) electrons. The zero-order valence-corrected chi connectivity index (χ0v) is 9.26. The van der Waals surface area contributed by atoms with Gasteiger partial charge in [-0.1, -0.05) is 11.6 Å². The summed E-state index contributed by atoms with van der Waals surface area (Å²) in [7, 11) is 0. The Morgan fingerprint density at radius 2 is 2.40 bits per heavy atom. The molecule has 1 aliphatic rings. The molecule has 1 fully saturated rings. The number of rotatable bonds is 1. The molecule has 1 aromatic rings. The van der Waals surface area contributed by atoms with Crippen LogP contribution < -0.4 is 10.2 Å². The highest BCUT2D eigenvalue weighted by atomic mass is 35.5. The molecule has 1 aromatic heterocycles. The van der Waals surface area contributed by atoms with Crippen molar-refractivity contribution >= 4 is 17.4 Å². The second-order valence-corrected chi connectivity index (χ2v) is 4.10. The molecule has 0 unspecified atom stereocenters. The van der Waals surface area contributed by atoms with Crippen molar-refractivity contribution in [3.8, 4) is 0 Å². The number of pyridine rings is 1. The molecule has 82 valence electrons. The van der Waals surface area contributed by atoms with Gasteiger partial charge in [0.05, 0.1) is 5.02 Å². The lowest BCUT2D eigenvalue weighted by atomic mass is 10.2. The summed E-state index contributed by atoms with van der Waals surface area (Å²) in [5.74, 6) is 0.0609. The fourth-order valence-electron chi connectivity index (χ4n) is 1.75. The molecule has 5 heteroatoms. The van der Waals surface area contributed by atoms with Crippen molar-refractivity contribution in [2.75, 3.05) is 24.5 Å². The van der Waals surface area contributed by atoms with Crippen LogP contribution in [0.4, 0.5) is 10.2 Å². The number of hydrogen-bond donors (Lipinski definition) is 1. The minimum Gasteiger partial charge on any atom is -0.351 e. The lowest BCUT2D eigenvalue weighted by Crippen LogP contribution is -2.50. The van der Waals surface area contributed by atoms with Crippen LogP contribution in [0.1, 0.15) is 6.92 Å². The fraction of sp³-hybridized carbons (Fsp3) is 0.500. The molecule has 0 aliphatic carbocycles. The van der Waals surface area contributed by atoms with Gasteiger partial charge in [0.15, 0.2) is 0 Å². The number of hydrogen-bond acceptors (Lipinski definition) is 3. The smallest absolute Gasteiger partial charge is 0.233 e. The van der Waals surface area contributed by atoms with E-state index in [1.165, 1.54) is 0 Å². The Kier molecular flexibility index (Phi) is 3.07. The average molecular weight is 230 g/mol. The number of nitrogens with one attached hydrogen (secondary N) is 1. The molecular formula is C10H13ClFN3. The molecular weight excluding hydrogens is 217 g/mol. The predicted octanol–water partition coefficient (Wildman–Crippen LogP) is 1.67. The molecule has 1 saturated heterocycles. The summed E-state index contributed by atoms with van der Waals surface area (Å²) in [6, 6.07) is 3.63. The molecule has 0 spiro atoms. The van der Waals surface area contributed by atoms with Gasteiger partial charge in [-0.2, -0.15) is 4.39 Å². The Hall–Kier alpha value is -0.870. The Balaban J connectivity index is 2.24. The minimum atomic E-state index is -0.597. The summed E-state index contributed by atoms with van der Waals surface area (Å²) >= 11 is 5.59. The fourth-order valence-corrected chi connectivity index (χ4v) is 1.85. The van der Waals surface area contributed by atoms with Crippen molar-refractivity contribution in [1.82, 2.24) is 10.3 Å². The highest BCUT2D eigenvalue weighted by molar-refractivity contribution is 6.30. The van der Waals surface area contributed by atoms with Gasteiger partial charge < -0.3 is 10.2 Å². The van der Waals surface area contributed by atoms with Crippen LogP contribution in [0.2, 0.25) is 5.02 Å². The van der Waals surface area contributed by atoms with Crippen molar-refractivity contribution in [3.63, 3.8) is 0 Å². The summed E-state index contributed by atoms with van der Waals surface area (Å²) in [5.41, 5.74) is 0. The first-order valence-electron chi connectivity index (χ1n) is 4.98. The van der Waals surface area contributed by atoms with Crippen molar-refractivity contribution in [3.05, 3.63) is 23.1 Å². The van der Waals surface area contributed by atoms with Gasteiger partial charge in [-0.25, -0.2) is 4.98 Å². The van der Waals surface area contributed by atoms with E-state index in [0.717, 1.165) is 19.6 Å². The van der Waals surface area contributed by atoms with Crippen LogP contribution in [-0.2, 0) is 0 Å². The predicted molar refractivity (Wildman–Crippen MR) is 58.9 cm³/mol. The molecule has 1 aliphatic heterocycles. The first kappa shape index (κ1) is 10.6. The van der Waals surface area contributed by atoms with Crippen molar-refractivity contribution in [2.24, 2.45) is 0 Å². The van der Waals surface area contributed by atoms with Gasteiger partial charge in [0.2, 0.25) is 5.95 Å². The average Bonchev–Trinajstić information content (AvgIpc) is 2.23. The topological polar surface area (TPSA) is 28.2 Å². The van der Waals surface area contributed by atoms with Gasteiger partial charge in [0.1, 0.15) is 5.82 Å². The maximum atomic E-state index is 13.2. The lowest BCUT2D eigenvalue weighted by Gasteiger charge is -2.34. The van der Waals surface area contributed by atoms with Gasteiger partial charge in [-0.05, 0) is 19.1 Å². The van der Waals surface area contributed by atoms with E-state index in [-0.39, 0.29) is 5.02 Å². The van der Waals surface area contributed by atoms with Gasteiger partial charge in [0.25, 0.3) is 0 Å². The third-order valence-electron chi connectivity index (χ3n) is 2.58. The van der Waals surface area contributed by atoms with Gasteiger partial charge in [-0.3, -0.25) is 0 Å². The zero-order valence-electron chi connectivity index (χ0n) is 8.50. The van der Waals surface area contributed by atoms with E-state index in [2.05, 4.69) is 22.1 Å². The molecule has 2 rings (SSSR count). The third-order valence-corrected chi connectivity index (χ3v) is 2.87. The Bertz CT molecular complexity index is 359. The molecule has 0 saturated carbocycles. The number of aromatic nitrogens is 1. The summed E-state index contributed by atoms with van der Waals surface area (Å²) < 4.78 is 13.2. The highest BCUT2D eigenvalue weighted by Crippen LogP contribution is 2.20. The van der Waals surface area contributed by atoms with Crippen LogP contribution in [0, 0.1) is 5.95 Å². The summed E-state index contributed by atoms with van der Waals surface area (Å²) in [6.07, 6.45) is 0. The minimum absolute atomic E-state index is 0.0709. The van der Waals surface area contributed by atoms with Crippen LogP contribution in [-0.4, -0.2) is 30.7 Å². The quantitative estimate of drug-likeness (QED) is 0.743. The van der Waals surface area contributed by atoms with Crippen LogP contribution in [0.3, 0.4) is 0 Å². The molecule has 3 nitrogen and oxygen atoms in total. The van der Waals surface area contributed by atoms with Crippen LogP contribution in [0.25, 0.3) is 0 Å². The third kappa shape index (κ3) is 2.21. The van der Waals surface area contributed by atoms with Crippen LogP contribution in [0.5, 0.6) is 0 Å². The van der Waals surface area contributed by atoms with Gasteiger partial charge in [0, 0.05) is 25.7 Å². The largest absolute Gasteiger partial charge is 0.351 e. The maximum absolute atomic E-state index is 13.2. The Morgan fingerprint density at radius 3 is 3.07 bits per heavy atom. The molecule has 0 aromatic carbocycles. The second-order valence-electron chi connectivity index (χ2n) is 3.69. The maximum Gasteiger partial charge on any atom is 0.233 e. The molecule has 1 atom stereocenters. The highest BCUT2D eigenvalue weighted by Gasteiger charge is 2.19. The monoisotopic (exact) mass is 229 g/mol. The molecule has 0 bridgehead atoms. The van der Waals surface area contributed by atoms with Gasteiger partial charge in [-0.15, -0.1) is 0 Å². The van der Waals surface area contributed by atoms with Gasteiger partial charge >= 0.3 is 0 Å². The Morgan fingerprint density at radius 1 is 1.60 bits per heavy atom. The van der Waals surface area contributed by atoms with E-state index < -0.39 is 5.95 Å². The number of piperazine rings is 1. The number of nitrogens with zero attached hydrogens (tertiary/aromatic N) is 2. The molecule has 2 heterocycles. The van der Waals surface area contributed by atoms with Crippen LogP contribution >= 0.6 is 11.6 Å². The summed E-state index contributed by atoms with van der Waals surface area (Å²) in [6.45, 7) is 4.72. The molecule has 15 heavy (non-hydrogen) atoms. The number of halogens is 2. The molecule has 0 amide bonds. The van der Waals surface area contributed by atoms with E-state index in [4.69, 9.17) is 11.6 Å². The van der Waals surface area contributed by atoms with E-state index in [9.17, 15) is 4.39 Å². The normalized spacial score (nSPS) is 21.8. The Labute approximate surface area is 93.2 Å². The van der Waals surface area contributed by atoms with Crippen molar-refractivity contribution in [2.45, 2.75) is 13.0 Å². The van der Waals surface area contributed by atoms with E-state index in [1.54, 1.807) is 12.1 Å². The first-order valence-corrected chi connectivity index (χ1v) is 5.35. The standard InChI is InChI=1S/C10H13ClFN3/c1-7-6-13-4-5-15(7)9-3-2-8(11)10(12)14-9/h2-3,7,13H,4-6H2,1H3/t7-/m0/s1. The van der Waals surface area contributed by atoms with Crippen molar-refractivity contribution < 1.29 is 4.39 Å². The number of anilines is 1. The summed E-state index contributed by atoms with van der Waals surface area (Å²) in [4.78, 5) is 5.93. The van der Waals surface area contributed by atoms with Crippen LogP contribution in [0.15, 0.2) is 12.1 Å².